The van der Waals surface area contributed by atoms with Crippen molar-refractivity contribution in [3.8, 4) is 0 Å². The second-order valence-electron chi connectivity index (χ2n) is 8.03. The quantitative estimate of drug-likeness (QED) is 0.539. The van der Waals surface area contributed by atoms with Gasteiger partial charge in [0.2, 0.25) is 0 Å². The van der Waals surface area contributed by atoms with E-state index in [0.717, 1.165) is 5.39 Å². The summed E-state index contributed by atoms with van der Waals surface area (Å²) < 4.78 is 11.6. The van der Waals surface area contributed by atoms with Crippen molar-refractivity contribution in [3.63, 3.8) is 0 Å². The Morgan fingerprint density at radius 1 is 0.846 bits per heavy atom. The smallest absolute Gasteiger partial charge is 0.341 e. The van der Waals surface area contributed by atoms with Gasteiger partial charge in [-0.2, -0.15) is 0 Å². The minimum Gasteiger partial charge on any atom is -0.456 e. The molecule has 0 amide bonds. The molecule has 0 aliphatic carbocycles. The molecule has 5 nitrogen and oxygen atoms in total. The first-order valence-electron chi connectivity index (χ1n) is 8.28. The fraction of sp³-hybridized carbons (Fsp3) is 0.400. The summed E-state index contributed by atoms with van der Waals surface area (Å²) in [5.74, 6) is -1.28. The Labute approximate surface area is 162 Å². The van der Waals surface area contributed by atoms with Crippen LogP contribution in [0.1, 0.15) is 62.3 Å². The zero-order chi connectivity index (χ0) is 19.9. The summed E-state index contributed by atoms with van der Waals surface area (Å²) in [5.41, 5.74) is 5.05. The SMILES string of the molecule is CC(C)(C)OC(=O)c1c(N)c(Br)c2ccccc2c1C(=O)OC(C)(C)C. The van der Waals surface area contributed by atoms with E-state index in [0.29, 0.717) is 9.86 Å². The van der Waals surface area contributed by atoms with Gasteiger partial charge in [-0.05, 0) is 68.2 Å². The van der Waals surface area contributed by atoms with Gasteiger partial charge < -0.3 is 15.2 Å². The van der Waals surface area contributed by atoms with Gasteiger partial charge in [-0.15, -0.1) is 0 Å². The molecule has 0 heterocycles. The Kier molecular flexibility index (Phi) is 5.38. The topological polar surface area (TPSA) is 78.6 Å². The molecule has 6 heteroatoms. The second-order valence-corrected chi connectivity index (χ2v) is 8.82. The number of nitrogens with two attached hydrogens (primary N) is 1. The third-order valence-electron chi connectivity index (χ3n) is 3.39. The van der Waals surface area contributed by atoms with Crippen molar-refractivity contribution in [1.82, 2.24) is 0 Å². The normalized spacial score (nSPS) is 12.1. The van der Waals surface area contributed by atoms with Crippen LogP contribution < -0.4 is 5.73 Å². The molecule has 0 bridgehead atoms. The summed E-state index contributed by atoms with van der Waals surface area (Å²) in [6.45, 7) is 10.6. The number of carbonyl (C=O) groups is 2. The van der Waals surface area contributed by atoms with Crippen LogP contribution in [-0.4, -0.2) is 23.1 Å². The van der Waals surface area contributed by atoms with Gasteiger partial charge in [-0.1, -0.05) is 24.3 Å². The lowest BCUT2D eigenvalue weighted by Gasteiger charge is -2.24. The van der Waals surface area contributed by atoms with Crippen molar-refractivity contribution in [2.45, 2.75) is 52.7 Å². The van der Waals surface area contributed by atoms with E-state index < -0.39 is 23.1 Å². The monoisotopic (exact) mass is 421 g/mol. The summed E-state index contributed by atoms with van der Waals surface area (Å²) in [5, 5.41) is 1.29. The van der Waals surface area contributed by atoms with E-state index in [1.165, 1.54) is 0 Å². The van der Waals surface area contributed by atoms with Gasteiger partial charge in [0.1, 0.15) is 11.2 Å². The van der Waals surface area contributed by atoms with Crippen LogP contribution in [0.3, 0.4) is 0 Å². The fourth-order valence-electron chi connectivity index (χ4n) is 2.50. The van der Waals surface area contributed by atoms with Crippen LogP contribution in [-0.2, 0) is 9.47 Å². The molecule has 2 aromatic carbocycles. The number of fused-ring (bicyclic) bond motifs is 1. The fourth-order valence-corrected chi connectivity index (χ4v) is 3.04. The maximum absolute atomic E-state index is 12.9. The number of nitrogen functional groups attached to an aromatic ring is 1. The molecule has 0 aliphatic rings. The zero-order valence-corrected chi connectivity index (χ0v) is 17.5. The molecule has 0 fully saturated rings. The first kappa shape index (κ1) is 20.2. The van der Waals surface area contributed by atoms with E-state index in [2.05, 4.69) is 15.9 Å². The van der Waals surface area contributed by atoms with E-state index in [1.54, 1.807) is 53.7 Å². The maximum atomic E-state index is 12.9. The average Bonchev–Trinajstić information content (AvgIpc) is 2.46. The van der Waals surface area contributed by atoms with Gasteiger partial charge in [0.05, 0.1) is 16.8 Å². The number of esters is 2. The summed E-state index contributed by atoms with van der Waals surface area (Å²) in [7, 11) is 0. The predicted molar refractivity (Wildman–Crippen MR) is 106 cm³/mol. The van der Waals surface area contributed by atoms with E-state index in [4.69, 9.17) is 15.2 Å². The molecule has 0 aromatic heterocycles. The third-order valence-corrected chi connectivity index (χ3v) is 4.25. The predicted octanol–water partition coefficient (Wildman–Crippen LogP) is 5.10. The van der Waals surface area contributed by atoms with Gasteiger partial charge in [0, 0.05) is 4.47 Å². The van der Waals surface area contributed by atoms with Gasteiger partial charge in [-0.25, -0.2) is 9.59 Å². The Morgan fingerprint density at radius 2 is 1.27 bits per heavy atom. The van der Waals surface area contributed by atoms with Crippen LogP contribution in [0.25, 0.3) is 10.8 Å². The van der Waals surface area contributed by atoms with Crippen LogP contribution >= 0.6 is 15.9 Å². The minimum absolute atomic E-state index is 0.0137. The summed E-state index contributed by atoms with van der Waals surface area (Å²) in [6.07, 6.45) is 0. The van der Waals surface area contributed by atoms with Crippen molar-refractivity contribution in [1.29, 1.82) is 0 Å². The lowest BCUT2D eigenvalue weighted by Crippen LogP contribution is -2.29. The first-order valence-corrected chi connectivity index (χ1v) is 9.07. The molecule has 0 saturated carbocycles. The van der Waals surface area contributed by atoms with E-state index >= 15 is 0 Å². The van der Waals surface area contributed by atoms with E-state index in [1.807, 2.05) is 12.1 Å². The second kappa shape index (κ2) is 6.91. The lowest BCUT2D eigenvalue weighted by molar-refractivity contribution is 0.00213. The van der Waals surface area contributed by atoms with Crippen molar-refractivity contribution in [2.24, 2.45) is 0 Å². The molecular formula is C20H24BrNO4. The molecule has 2 aromatic rings. The molecule has 0 unspecified atom stereocenters. The van der Waals surface area contributed by atoms with Crippen LogP contribution in [0.5, 0.6) is 0 Å². The minimum atomic E-state index is -0.729. The van der Waals surface area contributed by atoms with Crippen molar-refractivity contribution in [3.05, 3.63) is 39.9 Å². The third kappa shape index (κ3) is 4.36. The van der Waals surface area contributed by atoms with Crippen LogP contribution in [0, 0.1) is 0 Å². The highest BCUT2D eigenvalue weighted by molar-refractivity contribution is 9.10. The maximum Gasteiger partial charge on any atom is 0.341 e. The summed E-state index contributed by atoms with van der Waals surface area (Å²) in [4.78, 5) is 25.8. The standard InChI is InChI=1S/C20H24BrNO4/c1-19(2,3)25-17(23)13-11-9-7-8-10-12(11)15(21)16(22)14(13)18(24)26-20(4,5)6/h7-10H,22H2,1-6H3. The molecule has 0 spiro atoms. The molecule has 2 rings (SSSR count). The molecule has 0 aliphatic heterocycles. The molecular weight excluding hydrogens is 398 g/mol. The van der Waals surface area contributed by atoms with Crippen LogP contribution in [0.4, 0.5) is 5.69 Å². The van der Waals surface area contributed by atoms with Crippen LogP contribution in [0.15, 0.2) is 28.7 Å². The number of anilines is 1. The van der Waals surface area contributed by atoms with E-state index in [9.17, 15) is 9.59 Å². The number of hydrogen-bond acceptors (Lipinski definition) is 5. The molecule has 26 heavy (non-hydrogen) atoms. The number of carbonyl (C=O) groups excluding carboxylic acids is 2. The highest BCUT2D eigenvalue weighted by atomic mass is 79.9. The molecule has 2 N–H and O–H groups in total. The summed E-state index contributed by atoms with van der Waals surface area (Å²) >= 11 is 3.44. The van der Waals surface area contributed by atoms with Crippen molar-refractivity contribution in [2.75, 3.05) is 5.73 Å². The molecule has 140 valence electrons. The molecule has 0 atom stereocenters. The number of benzene rings is 2. The number of ether oxygens (including phenoxy) is 2. The highest BCUT2D eigenvalue weighted by Crippen LogP contribution is 2.38. The van der Waals surface area contributed by atoms with Crippen molar-refractivity contribution >= 4 is 44.3 Å². The number of rotatable bonds is 2. The molecule has 0 radical (unpaired) electrons. The largest absolute Gasteiger partial charge is 0.456 e. The zero-order valence-electron chi connectivity index (χ0n) is 15.9. The molecule has 0 saturated heterocycles. The van der Waals surface area contributed by atoms with Crippen molar-refractivity contribution < 1.29 is 19.1 Å². The number of hydrogen-bond donors (Lipinski definition) is 1. The Hall–Kier alpha value is -2.08. The van der Waals surface area contributed by atoms with E-state index in [-0.39, 0.29) is 16.8 Å². The lowest BCUT2D eigenvalue weighted by atomic mass is 9.96. The average molecular weight is 422 g/mol. The first-order chi connectivity index (χ1) is 11.8. The van der Waals surface area contributed by atoms with Gasteiger partial charge in [0.15, 0.2) is 0 Å². The van der Waals surface area contributed by atoms with Crippen LogP contribution in [0.2, 0.25) is 0 Å². The van der Waals surface area contributed by atoms with Gasteiger partial charge >= 0.3 is 11.9 Å². The van der Waals surface area contributed by atoms with Gasteiger partial charge in [0.25, 0.3) is 0 Å². The number of halogens is 1. The highest BCUT2D eigenvalue weighted by Gasteiger charge is 2.31. The Bertz CT molecular complexity index is 876. The Balaban J connectivity index is 2.80. The summed E-state index contributed by atoms with van der Waals surface area (Å²) in [6, 6.07) is 7.20. The Morgan fingerprint density at radius 3 is 1.73 bits per heavy atom. The van der Waals surface area contributed by atoms with Gasteiger partial charge in [-0.3, -0.25) is 0 Å².